The third-order valence-corrected chi connectivity index (χ3v) is 4.22. The van der Waals surface area contributed by atoms with Crippen molar-refractivity contribution in [3.63, 3.8) is 0 Å². The van der Waals surface area contributed by atoms with Gasteiger partial charge >= 0.3 is 0 Å². The maximum absolute atomic E-state index is 12.2. The van der Waals surface area contributed by atoms with Gasteiger partial charge < -0.3 is 0 Å². The number of ketones is 1. The predicted octanol–water partition coefficient (Wildman–Crippen LogP) is 4.90. The highest BCUT2D eigenvalue weighted by Gasteiger charge is 2.27. The second-order valence-electron chi connectivity index (χ2n) is 7.51. The van der Waals surface area contributed by atoms with Gasteiger partial charge in [-0.2, -0.15) is 0 Å². The Labute approximate surface area is 123 Å². The topological polar surface area (TPSA) is 30.0 Å². The minimum absolute atomic E-state index is 0.215. The highest BCUT2D eigenvalue weighted by atomic mass is 16.1. The summed E-state index contributed by atoms with van der Waals surface area (Å²) >= 11 is 0. The van der Waals surface area contributed by atoms with Gasteiger partial charge in [-0.25, -0.2) is 0 Å². The lowest BCUT2D eigenvalue weighted by molar-refractivity contribution is 0.0927. The van der Waals surface area contributed by atoms with Gasteiger partial charge in [0.05, 0.1) is 0 Å². The summed E-state index contributed by atoms with van der Waals surface area (Å²) < 4.78 is 0. The number of pyridine rings is 1. The van der Waals surface area contributed by atoms with Gasteiger partial charge in [-0.3, -0.25) is 9.78 Å². The zero-order valence-corrected chi connectivity index (χ0v) is 13.1. The Kier molecular flexibility index (Phi) is 4.95. The van der Waals surface area contributed by atoms with E-state index in [4.69, 9.17) is 0 Å². The Balaban J connectivity index is 1.88. The molecule has 2 heteroatoms. The van der Waals surface area contributed by atoms with Crippen LogP contribution in [0.2, 0.25) is 0 Å². The summed E-state index contributed by atoms with van der Waals surface area (Å²) in [5.74, 6) is 1.57. The van der Waals surface area contributed by atoms with E-state index in [0.29, 0.717) is 23.4 Å². The molecule has 2 atom stereocenters. The van der Waals surface area contributed by atoms with Gasteiger partial charge in [0.25, 0.3) is 0 Å². The molecule has 1 aliphatic carbocycles. The smallest absolute Gasteiger partial charge is 0.181 e. The second-order valence-corrected chi connectivity index (χ2v) is 7.51. The lowest BCUT2D eigenvalue weighted by Crippen LogP contribution is -2.22. The molecule has 2 nitrogen and oxygen atoms in total. The number of aromatic nitrogens is 1. The fraction of sp³-hybridized carbons (Fsp3) is 0.667. The minimum atomic E-state index is 0.215. The molecule has 1 saturated carbocycles. The summed E-state index contributed by atoms with van der Waals surface area (Å²) in [7, 11) is 0. The summed E-state index contributed by atoms with van der Waals surface area (Å²) in [5, 5.41) is 0. The van der Waals surface area contributed by atoms with Gasteiger partial charge in [-0.1, -0.05) is 39.7 Å². The van der Waals surface area contributed by atoms with E-state index in [1.165, 1.54) is 32.1 Å². The van der Waals surface area contributed by atoms with E-state index >= 15 is 0 Å². The van der Waals surface area contributed by atoms with Crippen LogP contribution >= 0.6 is 0 Å². The molecule has 20 heavy (non-hydrogen) atoms. The maximum Gasteiger partial charge on any atom is 0.181 e. The SMILES string of the molecule is CC(C)(C)CC1CCCC(CC(=O)c2ccccn2)C1. The fourth-order valence-electron chi connectivity index (χ4n) is 3.53. The van der Waals surface area contributed by atoms with Crippen LogP contribution in [0.4, 0.5) is 0 Å². The predicted molar refractivity (Wildman–Crippen MR) is 82.7 cm³/mol. The molecule has 1 fully saturated rings. The van der Waals surface area contributed by atoms with E-state index < -0.39 is 0 Å². The molecule has 0 radical (unpaired) electrons. The molecule has 1 heterocycles. The summed E-state index contributed by atoms with van der Waals surface area (Å²) in [4.78, 5) is 16.4. The molecule has 110 valence electrons. The van der Waals surface area contributed by atoms with Crippen LogP contribution in [-0.4, -0.2) is 10.8 Å². The third kappa shape index (κ3) is 4.73. The first-order valence-corrected chi connectivity index (χ1v) is 7.88. The summed E-state index contributed by atoms with van der Waals surface area (Å²) in [6.07, 6.45) is 8.71. The van der Waals surface area contributed by atoms with Crippen molar-refractivity contribution in [2.24, 2.45) is 17.3 Å². The van der Waals surface area contributed by atoms with E-state index in [9.17, 15) is 4.79 Å². The minimum Gasteiger partial charge on any atom is -0.292 e. The van der Waals surface area contributed by atoms with Crippen molar-refractivity contribution in [3.05, 3.63) is 30.1 Å². The summed E-state index contributed by atoms with van der Waals surface area (Å²) in [6.45, 7) is 6.95. The monoisotopic (exact) mass is 273 g/mol. The normalized spacial score (nSPS) is 23.6. The number of carbonyl (C=O) groups is 1. The van der Waals surface area contributed by atoms with Crippen LogP contribution < -0.4 is 0 Å². The molecule has 0 bridgehead atoms. The summed E-state index contributed by atoms with van der Waals surface area (Å²) in [5.41, 5.74) is 1.03. The van der Waals surface area contributed by atoms with Crippen LogP contribution in [0.5, 0.6) is 0 Å². The first kappa shape index (κ1) is 15.2. The van der Waals surface area contributed by atoms with Crippen molar-refractivity contribution < 1.29 is 4.79 Å². The summed E-state index contributed by atoms with van der Waals surface area (Å²) in [6, 6.07) is 5.58. The van der Waals surface area contributed by atoms with Gasteiger partial charge in [0, 0.05) is 12.6 Å². The Morgan fingerprint density at radius 3 is 2.65 bits per heavy atom. The van der Waals surface area contributed by atoms with Crippen LogP contribution in [0.3, 0.4) is 0 Å². The van der Waals surface area contributed by atoms with Crippen molar-refractivity contribution in [3.8, 4) is 0 Å². The first-order valence-electron chi connectivity index (χ1n) is 7.88. The van der Waals surface area contributed by atoms with Gasteiger partial charge in [0.1, 0.15) is 5.69 Å². The van der Waals surface area contributed by atoms with Crippen LogP contribution in [0.15, 0.2) is 24.4 Å². The molecule has 1 aromatic heterocycles. The average Bonchev–Trinajstić information content (AvgIpc) is 2.38. The molecule has 0 amide bonds. The Hall–Kier alpha value is -1.18. The molecule has 1 aromatic rings. The molecule has 0 spiro atoms. The van der Waals surface area contributed by atoms with Crippen molar-refractivity contribution in [1.29, 1.82) is 0 Å². The lowest BCUT2D eigenvalue weighted by Gasteiger charge is -2.33. The molecule has 1 aliphatic rings. The number of hydrogen-bond donors (Lipinski definition) is 0. The quantitative estimate of drug-likeness (QED) is 0.730. The average molecular weight is 273 g/mol. The molecular weight excluding hydrogens is 246 g/mol. The van der Waals surface area contributed by atoms with Crippen LogP contribution in [0.1, 0.15) is 69.8 Å². The number of rotatable bonds is 4. The maximum atomic E-state index is 12.2. The second kappa shape index (κ2) is 6.51. The number of nitrogens with zero attached hydrogens (tertiary/aromatic N) is 1. The highest BCUT2D eigenvalue weighted by Crippen LogP contribution is 2.38. The van der Waals surface area contributed by atoms with Crippen molar-refractivity contribution >= 4 is 5.78 Å². The van der Waals surface area contributed by atoms with Crippen LogP contribution in [0.25, 0.3) is 0 Å². The molecular formula is C18H27NO. The van der Waals surface area contributed by atoms with Crippen LogP contribution in [-0.2, 0) is 0 Å². The van der Waals surface area contributed by atoms with Gasteiger partial charge in [0.2, 0.25) is 0 Å². The van der Waals surface area contributed by atoms with E-state index in [1.54, 1.807) is 6.20 Å². The van der Waals surface area contributed by atoms with E-state index in [-0.39, 0.29) is 5.78 Å². The molecule has 2 unspecified atom stereocenters. The van der Waals surface area contributed by atoms with E-state index in [1.807, 2.05) is 18.2 Å². The first-order chi connectivity index (χ1) is 9.44. The Bertz CT molecular complexity index is 432. The largest absolute Gasteiger partial charge is 0.292 e. The standard InChI is InChI=1S/C18H27NO/c1-18(2,3)13-15-8-6-7-14(11-15)12-17(20)16-9-4-5-10-19-16/h4-5,9-10,14-15H,6-8,11-13H2,1-3H3. The molecule has 0 aromatic carbocycles. The van der Waals surface area contributed by atoms with Crippen molar-refractivity contribution in [2.45, 2.75) is 59.3 Å². The lowest BCUT2D eigenvalue weighted by atomic mass is 9.73. The molecule has 2 rings (SSSR count). The fourth-order valence-corrected chi connectivity index (χ4v) is 3.53. The Morgan fingerprint density at radius 2 is 2.00 bits per heavy atom. The zero-order chi connectivity index (χ0) is 14.6. The third-order valence-electron chi connectivity index (χ3n) is 4.22. The van der Waals surface area contributed by atoms with Gasteiger partial charge in [-0.15, -0.1) is 0 Å². The van der Waals surface area contributed by atoms with Crippen molar-refractivity contribution in [1.82, 2.24) is 4.98 Å². The van der Waals surface area contributed by atoms with Crippen LogP contribution in [0, 0.1) is 17.3 Å². The molecule has 0 saturated heterocycles. The molecule has 0 aliphatic heterocycles. The van der Waals surface area contributed by atoms with Crippen molar-refractivity contribution in [2.75, 3.05) is 0 Å². The highest BCUT2D eigenvalue weighted by molar-refractivity contribution is 5.94. The number of hydrogen-bond acceptors (Lipinski definition) is 2. The molecule has 0 N–H and O–H groups in total. The van der Waals surface area contributed by atoms with Gasteiger partial charge in [0.15, 0.2) is 5.78 Å². The zero-order valence-electron chi connectivity index (χ0n) is 13.1. The Morgan fingerprint density at radius 1 is 1.25 bits per heavy atom. The van der Waals surface area contributed by atoms with E-state index in [2.05, 4.69) is 25.8 Å². The van der Waals surface area contributed by atoms with E-state index in [0.717, 1.165) is 5.92 Å². The number of carbonyl (C=O) groups excluding carboxylic acids is 1. The number of Topliss-reactive ketones (excluding diaryl/α,β-unsaturated/α-hetero) is 1. The van der Waals surface area contributed by atoms with Gasteiger partial charge in [-0.05, 0) is 48.6 Å².